The fourth-order valence-corrected chi connectivity index (χ4v) is 4.03. The van der Waals surface area contributed by atoms with Gasteiger partial charge in [-0.25, -0.2) is 0 Å². The lowest BCUT2D eigenvalue weighted by Gasteiger charge is -2.08. The number of rotatable bonds is 5. The number of allylic oxidation sites excluding steroid dienone is 6. The van der Waals surface area contributed by atoms with Crippen LogP contribution in [0.25, 0.3) is 11.6 Å². The molecule has 0 saturated carbocycles. The minimum Gasteiger partial charge on any atom is -0.490 e. The van der Waals surface area contributed by atoms with Crippen molar-refractivity contribution in [2.24, 2.45) is 5.16 Å². The lowest BCUT2D eigenvalue weighted by atomic mass is 10.0. The number of hydrogen-bond donors (Lipinski definition) is 0. The van der Waals surface area contributed by atoms with E-state index in [1.807, 2.05) is 45.9 Å². The Kier molecular flexibility index (Phi) is 10.0. The Morgan fingerprint density at radius 1 is 1.00 bits per heavy atom. The van der Waals surface area contributed by atoms with Gasteiger partial charge in [0.25, 0.3) is 0 Å². The van der Waals surface area contributed by atoms with Crippen LogP contribution >= 0.6 is 11.3 Å². The standard InChI is InChI=1S/C23H21NO2S.2C2H6/c1-16-17(12-14-27-16)7-6-13-26-18-10-11-20-19-8-4-3-5-9-21(19)23(24-25-2)22(20)15-18;2*1-2/h4-12,14-15H,3,13H2,1-2H3;2*1-2H3/b7-6+,24-23+;;. The summed E-state index contributed by atoms with van der Waals surface area (Å²) in [5.74, 6) is 0.829. The highest BCUT2D eigenvalue weighted by molar-refractivity contribution is 7.10. The van der Waals surface area contributed by atoms with E-state index in [-0.39, 0.29) is 0 Å². The molecule has 0 spiro atoms. The van der Waals surface area contributed by atoms with Crippen LogP contribution in [-0.4, -0.2) is 19.4 Å². The minimum absolute atomic E-state index is 0.526. The molecule has 1 aromatic carbocycles. The molecule has 0 unspecified atom stereocenters. The number of oxime groups is 1. The molecule has 4 heteroatoms. The van der Waals surface area contributed by atoms with E-state index in [0.29, 0.717) is 6.61 Å². The average Bonchev–Trinajstić information content (AvgIpc) is 3.24. The third-order valence-corrected chi connectivity index (χ3v) is 5.51. The molecule has 31 heavy (non-hydrogen) atoms. The number of ether oxygens (including phenoxy) is 1. The highest BCUT2D eigenvalue weighted by Crippen LogP contribution is 2.38. The minimum atomic E-state index is 0.526. The van der Waals surface area contributed by atoms with Crippen LogP contribution in [-0.2, 0) is 4.84 Å². The number of nitrogens with zero attached hydrogens (tertiary/aromatic N) is 1. The van der Waals surface area contributed by atoms with E-state index in [9.17, 15) is 0 Å². The number of thiophene rings is 1. The van der Waals surface area contributed by atoms with Crippen molar-refractivity contribution in [2.75, 3.05) is 13.7 Å². The molecule has 2 aliphatic rings. The van der Waals surface area contributed by atoms with E-state index < -0.39 is 0 Å². The molecular weight excluding hydrogens is 402 g/mol. The Labute approximate surface area is 191 Å². The van der Waals surface area contributed by atoms with Crippen LogP contribution in [0.4, 0.5) is 0 Å². The molecule has 2 aromatic rings. The smallest absolute Gasteiger partial charge is 0.120 e. The lowest BCUT2D eigenvalue weighted by molar-refractivity contribution is 0.214. The Bertz CT molecular complexity index is 1010. The summed E-state index contributed by atoms with van der Waals surface area (Å²) in [5.41, 5.74) is 6.62. The summed E-state index contributed by atoms with van der Waals surface area (Å²) in [6.07, 6.45) is 13.7. The van der Waals surface area contributed by atoms with Crippen LogP contribution in [0, 0.1) is 6.92 Å². The maximum Gasteiger partial charge on any atom is 0.120 e. The number of aryl methyl sites for hydroxylation is 1. The van der Waals surface area contributed by atoms with Gasteiger partial charge in [0.05, 0.1) is 0 Å². The lowest BCUT2D eigenvalue weighted by Crippen LogP contribution is -2.02. The molecule has 0 bridgehead atoms. The molecule has 0 amide bonds. The summed E-state index contributed by atoms with van der Waals surface area (Å²) in [6, 6.07) is 8.30. The molecule has 4 rings (SSSR count). The molecule has 164 valence electrons. The molecule has 0 saturated heterocycles. The zero-order valence-corrected chi connectivity index (χ0v) is 20.3. The normalized spacial score (nSPS) is 15.0. The van der Waals surface area contributed by atoms with Crippen molar-refractivity contribution in [1.82, 2.24) is 0 Å². The summed E-state index contributed by atoms with van der Waals surface area (Å²) in [7, 11) is 1.58. The zero-order chi connectivity index (χ0) is 22.6. The van der Waals surface area contributed by atoms with Gasteiger partial charge in [0.2, 0.25) is 0 Å². The summed E-state index contributed by atoms with van der Waals surface area (Å²) >= 11 is 1.76. The second-order valence-corrected chi connectivity index (χ2v) is 7.46. The van der Waals surface area contributed by atoms with Crippen LogP contribution in [0.3, 0.4) is 0 Å². The molecule has 1 aromatic heterocycles. The van der Waals surface area contributed by atoms with Gasteiger partial charge in [0.1, 0.15) is 25.2 Å². The van der Waals surface area contributed by atoms with Gasteiger partial charge < -0.3 is 9.57 Å². The van der Waals surface area contributed by atoms with Crippen molar-refractivity contribution in [3.8, 4) is 5.75 Å². The Balaban J connectivity index is 0.000000807. The molecule has 2 aliphatic carbocycles. The molecule has 0 fully saturated rings. The monoisotopic (exact) mass is 435 g/mol. The van der Waals surface area contributed by atoms with Crippen LogP contribution in [0.1, 0.15) is 55.7 Å². The maximum absolute atomic E-state index is 5.94. The SMILES string of the molecule is CC.CC.CO/N=C1\C2=C(C=CCC=C2)c2ccc(OC/C=C/c3ccsc3C)cc21. The summed E-state index contributed by atoms with van der Waals surface area (Å²) in [5, 5.41) is 6.38. The van der Waals surface area contributed by atoms with Gasteiger partial charge in [-0.3, -0.25) is 0 Å². The molecule has 1 heterocycles. The van der Waals surface area contributed by atoms with Gasteiger partial charge in [-0.15, -0.1) is 11.3 Å². The molecular formula is C27H33NO2S. The van der Waals surface area contributed by atoms with E-state index in [0.717, 1.165) is 29.0 Å². The van der Waals surface area contributed by atoms with Crippen LogP contribution < -0.4 is 4.74 Å². The van der Waals surface area contributed by atoms with Gasteiger partial charge in [-0.05, 0) is 65.8 Å². The van der Waals surface area contributed by atoms with Crippen molar-refractivity contribution in [2.45, 2.75) is 41.0 Å². The van der Waals surface area contributed by atoms with E-state index in [2.05, 4.69) is 60.0 Å². The Morgan fingerprint density at radius 2 is 1.74 bits per heavy atom. The number of hydrogen-bond acceptors (Lipinski definition) is 4. The van der Waals surface area contributed by atoms with Crippen molar-refractivity contribution in [1.29, 1.82) is 0 Å². The quantitative estimate of drug-likeness (QED) is 0.448. The average molecular weight is 436 g/mol. The van der Waals surface area contributed by atoms with Crippen molar-refractivity contribution < 1.29 is 9.57 Å². The van der Waals surface area contributed by atoms with Crippen molar-refractivity contribution in [3.05, 3.63) is 87.2 Å². The number of benzene rings is 1. The van der Waals surface area contributed by atoms with E-state index in [1.54, 1.807) is 18.4 Å². The van der Waals surface area contributed by atoms with Gasteiger partial charge in [0, 0.05) is 16.0 Å². The van der Waals surface area contributed by atoms with Crippen LogP contribution in [0.15, 0.2) is 70.8 Å². The predicted octanol–water partition coefficient (Wildman–Crippen LogP) is 7.83. The second-order valence-electron chi connectivity index (χ2n) is 6.34. The third-order valence-electron chi connectivity index (χ3n) is 4.65. The molecule has 0 atom stereocenters. The molecule has 0 radical (unpaired) electrons. The fraction of sp³-hybridized carbons (Fsp3) is 0.296. The van der Waals surface area contributed by atoms with Crippen molar-refractivity contribution >= 4 is 28.7 Å². The zero-order valence-electron chi connectivity index (χ0n) is 19.4. The van der Waals surface area contributed by atoms with Gasteiger partial charge >= 0.3 is 0 Å². The Morgan fingerprint density at radius 3 is 2.42 bits per heavy atom. The topological polar surface area (TPSA) is 30.8 Å². The highest BCUT2D eigenvalue weighted by atomic mass is 32.1. The van der Waals surface area contributed by atoms with E-state index >= 15 is 0 Å². The largest absolute Gasteiger partial charge is 0.490 e. The van der Waals surface area contributed by atoms with Crippen LogP contribution in [0.2, 0.25) is 0 Å². The van der Waals surface area contributed by atoms with Crippen molar-refractivity contribution in [3.63, 3.8) is 0 Å². The first kappa shape index (κ1) is 24.4. The number of fused-ring (bicyclic) bond motifs is 2. The first-order valence-electron chi connectivity index (χ1n) is 10.9. The first-order valence-corrected chi connectivity index (χ1v) is 11.8. The summed E-state index contributed by atoms with van der Waals surface area (Å²) in [6.45, 7) is 10.7. The van der Waals surface area contributed by atoms with Crippen LogP contribution in [0.5, 0.6) is 5.75 Å². The Hall–Kier alpha value is -2.85. The van der Waals surface area contributed by atoms with E-state index in [1.165, 1.54) is 21.6 Å². The maximum atomic E-state index is 5.94. The highest BCUT2D eigenvalue weighted by Gasteiger charge is 2.26. The molecule has 0 N–H and O–H groups in total. The molecule has 3 nitrogen and oxygen atoms in total. The van der Waals surface area contributed by atoms with Gasteiger partial charge in [-0.2, -0.15) is 0 Å². The summed E-state index contributed by atoms with van der Waals surface area (Å²) in [4.78, 5) is 6.43. The third kappa shape index (κ3) is 5.86. The van der Waals surface area contributed by atoms with Gasteiger partial charge in [0.15, 0.2) is 0 Å². The van der Waals surface area contributed by atoms with E-state index in [4.69, 9.17) is 9.57 Å². The van der Waals surface area contributed by atoms with Gasteiger partial charge in [-0.1, -0.05) is 63.2 Å². The predicted molar refractivity (Wildman–Crippen MR) is 136 cm³/mol. The summed E-state index contributed by atoms with van der Waals surface area (Å²) < 4.78 is 5.94. The molecule has 0 aliphatic heterocycles. The first-order chi connectivity index (χ1) is 15.3. The fourth-order valence-electron chi connectivity index (χ4n) is 3.34. The second kappa shape index (κ2) is 12.8.